The van der Waals surface area contributed by atoms with E-state index in [1.54, 1.807) is 12.1 Å². The standard InChI is InChI=1S/C23H27FN4O2/c24-19-7-5-18(6-8-19)17-23(29)25-10-9-22-26-20-3-1-2-4-21(20)28(22)12-11-27-13-15-30-16-14-27/h1-8H,9-17H2,(H,25,29). The van der Waals surface area contributed by atoms with Gasteiger partial charge >= 0.3 is 0 Å². The zero-order valence-corrected chi connectivity index (χ0v) is 17.0. The summed E-state index contributed by atoms with van der Waals surface area (Å²) in [5.41, 5.74) is 2.90. The average Bonchev–Trinajstić information content (AvgIpc) is 3.12. The van der Waals surface area contributed by atoms with Gasteiger partial charge in [0.25, 0.3) is 0 Å². The second-order valence-corrected chi connectivity index (χ2v) is 7.53. The van der Waals surface area contributed by atoms with Crippen molar-refractivity contribution in [3.63, 3.8) is 0 Å². The summed E-state index contributed by atoms with van der Waals surface area (Å²) in [6.07, 6.45) is 0.903. The molecule has 2 aromatic carbocycles. The normalized spacial score (nSPS) is 14.8. The number of aromatic nitrogens is 2. The van der Waals surface area contributed by atoms with E-state index in [0.717, 1.165) is 61.8 Å². The molecule has 3 aromatic rings. The van der Waals surface area contributed by atoms with E-state index in [9.17, 15) is 9.18 Å². The number of nitrogens with zero attached hydrogens (tertiary/aromatic N) is 3. The Morgan fingerprint density at radius 2 is 1.83 bits per heavy atom. The molecule has 0 aliphatic carbocycles. The van der Waals surface area contributed by atoms with Crippen LogP contribution in [0.5, 0.6) is 0 Å². The van der Waals surface area contributed by atoms with Gasteiger partial charge in [-0.25, -0.2) is 9.37 Å². The predicted octanol–water partition coefficient (Wildman–Crippen LogP) is 2.41. The van der Waals surface area contributed by atoms with E-state index in [-0.39, 0.29) is 18.1 Å². The average molecular weight is 410 g/mol. The number of imidazole rings is 1. The van der Waals surface area contributed by atoms with Gasteiger partial charge in [0.05, 0.1) is 30.7 Å². The predicted molar refractivity (Wildman–Crippen MR) is 114 cm³/mol. The third-order valence-electron chi connectivity index (χ3n) is 5.43. The second kappa shape index (κ2) is 9.82. The summed E-state index contributed by atoms with van der Waals surface area (Å²) in [6.45, 7) is 5.83. The fraction of sp³-hybridized carbons (Fsp3) is 0.391. The van der Waals surface area contributed by atoms with Crippen LogP contribution in [0.15, 0.2) is 48.5 Å². The van der Waals surface area contributed by atoms with Crippen LogP contribution in [0, 0.1) is 5.82 Å². The Bertz CT molecular complexity index is 981. The maximum absolute atomic E-state index is 13.0. The molecular formula is C23H27FN4O2. The van der Waals surface area contributed by atoms with E-state index >= 15 is 0 Å². The van der Waals surface area contributed by atoms with Crippen molar-refractivity contribution in [2.75, 3.05) is 39.4 Å². The molecule has 0 spiro atoms. The van der Waals surface area contributed by atoms with Gasteiger partial charge in [0, 0.05) is 39.1 Å². The number of ether oxygens (including phenoxy) is 1. The fourth-order valence-corrected chi connectivity index (χ4v) is 3.80. The number of fused-ring (bicyclic) bond motifs is 1. The molecule has 30 heavy (non-hydrogen) atoms. The van der Waals surface area contributed by atoms with E-state index in [1.165, 1.54) is 12.1 Å². The first kappa shape index (κ1) is 20.5. The zero-order valence-electron chi connectivity index (χ0n) is 17.0. The Kier molecular flexibility index (Phi) is 6.71. The molecule has 0 unspecified atom stereocenters. The quantitative estimate of drug-likeness (QED) is 0.620. The van der Waals surface area contributed by atoms with Crippen LogP contribution in [0.2, 0.25) is 0 Å². The summed E-state index contributed by atoms with van der Waals surface area (Å²) in [5, 5.41) is 2.96. The van der Waals surface area contributed by atoms with Crippen molar-refractivity contribution in [1.29, 1.82) is 0 Å². The number of hydrogen-bond acceptors (Lipinski definition) is 4. The first-order valence-electron chi connectivity index (χ1n) is 10.4. The van der Waals surface area contributed by atoms with Crippen molar-refractivity contribution in [3.05, 3.63) is 65.7 Å². The van der Waals surface area contributed by atoms with Gasteiger partial charge in [-0.15, -0.1) is 0 Å². The van der Waals surface area contributed by atoms with Crippen LogP contribution >= 0.6 is 0 Å². The van der Waals surface area contributed by atoms with E-state index < -0.39 is 0 Å². The highest BCUT2D eigenvalue weighted by Crippen LogP contribution is 2.17. The van der Waals surface area contributed by atoms with Gasteiger partial charge in [-0.2, -0.15) is 0 Å². The van der Waals surface area contributed by atoms with Gasteiger partial charge in [0.1, 0.15) is 11.6 Å². The van der Waals surface area contributed by atoms with Crippen molar-refractivity contribution in [2.24, 2.45) is 0 Å². The van der Waals surface area contributed by atoms with Gasteiger partial charge in [0.2, 0.25) is 5.91 Å². The fourth-order valence-electron chi connectivity index (χ4n) is 3.80. The van der Waals surface area contributed by atoms with Gasteiger partial charge < -0.3 is 14.6 Å². The van der Waals surface area contributed by atoms with Crippen LogP contribution in [-0.4, -0.2) is 59.8 Å². The maximum atomic E-state index is 13.0. The van der Waals surface area contributed by atoms with Gasteiger partial charge in [-0.3, -0.25) is 9.69 Å². The number of carbonyl (C=O) groups is 1. The molecule has 6 nitrogen and oxygen atoms in total. The molecule has 0 radical (unpaired) electrons. The first-order chi connectivity index (χ1) is 14.7. The molecule has 0 bridgehead atoms. The molecule has 0 atom stereocenters. The second-order valence-electron chi connectivity index (χ2n) is 7.53. The Balaban J connectivity index is 1.36. The number of benzene rings is 2. The topological polar surface area (TPSA) is 59.4 Å². The molecule has 1 N–H and O–H groups in total. The number of morpholine rings is 1. The van der Waals surface area contributed by atoms with Crippen molar-refractivity contribution < 1.29 is 13.9 Å². The SMILES string of the molecule is O=C(Cc1ccc(F)cc1)NCCc1nc2ccccc2n1CCN1CCOCC1. The van der Waals surface area contributed by atoms with Crippen LogP contribution in [-0.2, 0) is 28.9 Å². The monoisotopic (exact) mass is 410 g/mol. The lowest BCUT2D eigenvalue weighted by Gasteiger charge is -2.27. The largest absolute Gasteiger partial charge is 0.379 e. The first-order valence-corrected chi connectivity index (χ1v) is 10.4. The number of carbonyl (C=O) groups excluding carboxylic acids is 1. The summed E-state index contributed by atoms with van der Waals surface area (Å²) < 4.78 is 20.7. The molecule has 1 aliphatic rings. The molecule has 1 fully saturated rings. The summed E-state index contributed by atoms with van der Waals surface area (Å²) in [7, 11) is 0. The highest BCUT2D eigenvalue weighted by atomic mass is 19.1. The van der Waals surface area contributed by atoms with Crippen molar-refractivity contribution >= 4 is 16.9 Å². The Morgan fingerprint density at radius 3 is 2.63 bits per heavy atom. The maximum Gasteiger partial charge on any atom is 0.224 e. The molecular weight excluding hydrogens is 383 g/mol. The number of amides is 1. The van der Waals surface area contributed by atoms with Crippen LogP contribution in [0.25, 0.3) is 11.0 Å². The van der Waals surface area contributed by atoms with Gasteiger partial charge in [-0.1, -0.05) is 24.3 Å². The molecule has 1 saturated heterocycles. The minimum Gasteiger partial charge on any atom is -0.379 e. The molecule has 1 aromatic heterocycles. The number of nitrogens with one attached hydrogen (secondary N) is 1. The number of halogens is 1. The molecule has 1 amide bonds. The Labute approximate surface area is 175 Å². The van der Waals surface area contributed by atoms with E-state index in [0.29, 0.717) is 13.0 Å². The van der Waals surface area contributed by atoms with E-state index in [4.69, 9.17) is 9.72 Å². The van der Waals surface area contributed by atoms with Crippen molar-refractivity contribution in [2.45, 2.75) is 19.4 Å². The summed E-state index contributed by atoms with van der Waals surface area (Å²) >= 11 is 0. The van der Waals surface area contributed by atoms with Crippen molar-refractivity contribution in [1.82, 2.24) is 19.8 Å². The summed E-state index contributed by atoms with van der Waals surface area (Å²) in [5.74, 6) is 0.610. The van der Waals surface area contributed by atoms with Crippen LogP contribution in [0.1, 0.15) is 11.4 Å². The Hall–Kier alpha value is -2.77. The third-order valence-corrected chi connectivity index (χ3v) is 5.43. The highest BCUT2D eigenvalue weighted by Gasteiger charge is 2.14. The minimum absolute atomic E-state index is 0.0717. The van der Waals surface area contributed by atoms with E-state index in [1.807, 2.05) is 18.2 Å². The highest BCUT2D eigenvalue weighted by molar-refractivity contribution is 5.78. The minimum atomic E-state index is -0.296. The van der Waals surface area contributed by atoms with Crippen molar-refractivity contribution in [3.8, 4) is 0 Å². The molecule has 7 heteroatoms. The van der Waals surface area contributed by atoms with Gasteiger partial charge in [-0.05, 0) is 29.8 Å². The number of rotatable bonds is 8. The van der Waals surface area contributed by atoms with Crippen LogP contribution in [0.4, 0.5) is 4.39 Å². The van der Waals surface area contributed by atoms with E-state index in [2.05, 4.69) is 20.9 Å². The lowest BCUT2D eigenvalue weighted by atomic mass is 10.1. The van der Waals surface area contributed by atoms with Crippen LogP contribution in [0.3, 0.4) is 0 Å². The molecule has 1 aliphatic heterocycles. The van der Waals surface area contributed by atoms with Gasteiger partial charge in [0.15, 0.2) is 0 Å². The number of hydrogen-bond donors (Lipinski definition) is 1. The number of para-hydroxylation sites is 2. The molecule has 2 heterocycles. The lowest BCUT2D eigenvalue weighted by Crippen LogP contribution is -2.38. The van der Waals surface area contributed by atoms with Crippen LogP contribution < -0.4 is 5.32 Å². The smallest absolute Gasteiger partial charge is 0.224 e. The lowest BCUT2D eigenvalue weighted by molar-refractivity contribution is -0.120. The summed E-state index contributed by atoms with van der Waals surface area (Å²) in [6, 6.07) is 14.2. The molecule has 0 saturated carbocycles. The zero-order chi connectivity index (χ0) is 20.8. The Morgan fingerprint density at radius 1 is 1.07 bits per heavy atom. The summed E-state index contributed by atoms with van der Waals surface area (Å²) in [4.78, 5) is 19.4. The molecule has 158 valence electrons. The molecule has 4 rings (SSSR count). The third kappa shape index (κ3) is 5.23.